The summed E-state index contributed by atoms with van der Waals surface area (Å²) in [5.74, 6) is 0. The summed E-state index contributed by atoms with van der Waals surface area (Å²) in [6.07, 6.45) is -3.29. The van der Waals surface area contributed by atoms with Gasteiger partial charge in [-0.05, 0) is 6.92 Å². The molecule has 0 aromatic heterocycles. The second-order valence-electron chi connectivity index (χ2n) is 1.81. The van der Waals surface area contributed by atoms with Crippen LogP contribution in [0.25, 0.3) is 0 Å². The van der Waals surface area contributed by atoms with Crippen LogP contribution in [0.4, 0.5) is 13.2 Å². The Hall–Kier alpha value is -0.290. The second kappa shape index (κ2) is 5.37. The van der Waals surface area contributed by atoms with Crippen LogP contribution in [-0.4, -0.2) is 32.6 Å². The summed E-state index contributed by atoms with van der Waals surface area (Å²) in [4.78, 5) is 0. The number of halogens is 3. The van der Waals surface area contributed by atoms with Crippen molar-refractivity contribution < 1.29 is 22.6 Å². The Morgan fingerprint density at radius 1 is 1.36 bits per heavy atom. The molecule has 11 heavy (non-hydrogen) atoms. The normalized spacial score (nSPS) is 12.0. The molecule has 0 bridgehead atoms. The second-order valence-corrected chi connectivity index (χ2v) is 1.81. The molecule has 0 spiro atoms. The minimum absolute atomic E-state index is 0.0913. The van der Waals surface area contributed by atoms with Gasteiger partial charge >= 0.3 is 6.11 Å². The molecule has 0 fully saturated rings. The van der Waals surface area contributed by atoms with Crippen LogP contribution in [0, 0.1) is 0 Å². The fraction of sp³-hybridized carbons (Fsp3) is 1.00. The monoisotopic (exact) mass is 172 g/mol. The molecule has 0 saturated carbocycles. The maximum atomic E-state index is 12.3. The first-order valence-electron chi connectivity index (χ1n) is 3.28. The molecule has 0 radical (unpaired) electrons. The SMILES string of the molecule is CCOC(F)(F)COCCF. The number of alkyl halides is 3. The Morgan fingerprint density at radius 2 is 2.00 bits per heavy atom. The van der Waals surface area contributed by atoms with Gasteiger partial charge in [-0.1, -0.05) is 0 Å². The van der Waals surface area contributed by atoms with Gasteiger partial charge in [0.05, 0.1) is 13.2 Å². The highest BCUT2D eigenvalue weighted by atomic mass is 19.3. The highest BCUT2D eigenvalue weighted by molar-refractivity contribution is 4.48. The molecular formula is C6H11F3O2. The van der Waals surface area contributed by atoms with E-state index in [0.29, 0.717) is 0 Å². The first-order valence-corrected chi connectivity index (χ1v) is 3.28. The van der Waals surface area contributed by atoms with E-state index in [-0.39, 0.29) is 13.2 Å². The fourth-order valence-electron chi connectivity index (χ4n) is 0.498. The van der Waals surface area contributed by atoms with E-state index < -0.39 is 19.4 Å². The third kappa shape index (κ3) is 6.12. The Balaban J connectivity index is 3.38. The van der Waals surface area contributed by atoms with Crippen LogP contribution in [0.15, 0.2) is 0 Å². The molecule has 0 saturated heterocycles. The number of hydrogen-bond donors (Lipinski definition) is 0. The van der Waals surface area contributed by atoms with Crippen molar-refractivity contribution in [1.29, 1.82) is 0 Å². The van der Waals surface area contributed by atoms with Crippen LogP contribution in [0.5, 0.6) is 0 Å². The lowest BCUT2D eigenvalue weighted by Gasteiger charge is -2.14. The lowest BCUT2D eigenvalue weighted by molar-refractivity contribution is -0.262. The molecule has 0 aromatic carbocycles. The zero-order chi connectivity index (χ0) is 8.74. The summed E-state index contributed by atoms with van der Waals surface area (Å²) in [5.41, 5.74) is 0. The molecule has 0 atom stereocenters. The van der Waals surface area contributed by atoms with Crippen LogP contribution in [-0.2, 0) is 9.47 Å². The molecule has 2 nitrogen and oxygen atoms in total. The summed E-state index contributed by atoms with van der Waals surface area (Å²) >= 11 is 0. The van der Waals surface area contributed by atoms with Gasteiger partial charge in [0.1, 0.15) is 13.3 Å². The average Bonchev–Trinajstić information content (AvgIpc) is 1.87. The van der Waals surface area contributed by atoms with Gasteiger partial charge in [-0.25, -0.2) is 4.39 Å². The Morgan fingerprint density at radius 3 is 2.45 bits per heavy atom. The van der Waals surface area contributed by atoms with Gasteiger partial charge in [-0.15, -0.1) is 0 Å². The van der Waals surface area contributed by atoms with Crippen molar-refractivity contribution in [2.75, 3.05) is 26.5 Å². The topological polar surface area (TPSA) is 18.5 Å². The van der Waals surface area contributed by atoms with Gasteiger partial charge in [-0.2, -0.15) is 8.78 Å². The molecular weight excluding hydrogens is 161 g/mol. The maximum Gasteiger partial charge on any atom is 0.379 e. The maximum absolute atomic E-state index is 12.3. The van der Waals surface area contributed by atoms with E-state index in [2.05, 4.69) is 9.47 Å². The minimum Gasteiger partial charge on any atom is -0.370 e. The van der Waals surface area contributed by atoms with E-state index in [1.54, 1.807) is 0 Å². The standard InChI is InChI=1S/C6H11F3O2/c1-2-11-6(8,9)5-10-4-3-7/h2-5H2,1H3. The average molecular weight is 172 g/mol. The zero-order valence-corrected chi connectivity index (χ0v) is 6.28. The third-order valence-corrected chi connectivity index (χ3v) is 0.847. The van der Waals surface area contributed by atoms with Crippen LogP contribution >= 0.6 is 0 Å². The summed E-state index contributed by atoms with van der Waals surface area (Å²) in [7, 11) is 0. The van der Waals surface area contributed by atoms with E-state index in [0.717, 1.165) is 0 Å². The van der Waals surface area contributed by atoms with Crippen molar-refractivity contribution in [3.8, 4) is 0 Å². The number of ether oxygens (including phenoxy) is 2. The van der Waals surface area contributed by atoms with Gasteiger partial charge in [-0.3, -0.25) is 0 Å². The molecule has 0 rings (SSSR count). The van der Waals surface area contributed by atoms with Gasteiger partial charge < -0.3 is 9.47 Å². The lowest BCUT2D eigenvalue weighted by atomic mass is 10.6. The summed E-state index contributed by atoms with van der Waals surface area (Å²) in [5, 5.41) is 0. The molecule has 0 N–H and O–H groups in total. The van der Waals surface area contributed by atoms with E-state index in [1.807, 2.05) is 0 Å². The van der Waals surface area contributed by atoms with E-state index in [1.165, 1.54) is 6.92 Å². The van der Waals surface area contributed by atoms with Gasteiger partial charge in [0.2, 0.25) is 0 Å². The van der Waals surface area contributed by atoms with E-state index in [4.69, 9.17) is 0 Å². The van der Waals surface area contributed by atoms with Crippen molar-refractivity contribution in [2.45, 2.75) is 13.0 Å². The minimum atomic E-state index is -3.29. The van der Waals surface area contributed by atoms with Crippen LogP contribution in [0.1, 0.15) is 6.92 Å². The molecule has 0 amide bonds. The zero-order valence-electron chi connectivity index (χ0n) is 6.28. The van der Waals surface area contributed by atoms with Crippen LogP contribution < -0.4 is 0 Å². The summed E-state index contributed by atoms with van der Waals surface area (Å²) < 4.78 is 44.1. The third-order valence-electron chi connectivity index (χ3n) is 0.847. The molecule has 0 heterocycles. The predicted octanol–water partition coefficient (Wildman–Crippen LogP) is 1.60. The van der Waals surface area contributed by atoms with E-state index >= 15 is 0 Å². The van der Waals surface area contributed by atoms with Crippen molar-refractivity contribution in [3.63, 3.8) is 0 Å². The highest BCUT2D eigenvalue weighted by Crippen LogP contribution is 2.14. The Labute approximate surface area is 63.3 Å². The predicted molar refractivity (Wildman–Crippen MR) is 33.4 cm³/mol. The van der Waals surface area contributed by atoms with Crippen molar-refractivity contribution >= 4 is 0 Å². The number of hydrogen-bond acceptors (Lipinski definition) is 2. The molecule has 0 aliphatic carbocycles. The first-order chi connectivity index (χ1) is 5.12. The van der Waals surface area contributed by atoms with Gasteiger partial charge in [0, 0.05) is 0 Å². The first kappa shape index (κ1) is 10.7. The quantitative estimate of drug-likeness (QED) is 0.566. The number of rotatable bonds is 6. The summed E-state index contributed by atoms with van der Waals surface area (Å²) in [6, 6.07) is 0. The van der Waals surface area contributed by atoms with Gasteiger partial charge in [0.25, 0.3) is 0 Å². The van der Waals surface area contributed by atoms with Crippen molar-refractivity contribution in [2.24, 2.45) is 0 Å². The smallest absolute Gasteiger partial charge is 0.370 e. The van der Waals surface area contributed by atoms with Crippen LogP contribution in [0.2, 0.25) is 0 Å². The molecule has 0 aliphatic heterocycles. The summed E-state index contributed by atoms with van der Waals surface area (Å²) in [6.45, 7) is -0.606. The van der Waals surface area contributed by atoms with Gasteiger partial charge in [0.15, 0.2) is 0 Å². The molecule has 68 valence electrons. The van der Waals surface area contributed by atoms with E-state index in [9.17, 15) is 13.2 Å². The van der Waals surface area contributed by atoms with Crippen molar-refractivity contribution in [3.05, 3.63) is 0 Å². The molecule has 5 heteroatoms. The Bertz CT molecular complexity index is 97.8. The lowest BCUT2D eigenvalue weighted by Crippen LogP contribution is -2.27. The largest absolute Gasteiger partial charge is 0.379 e. The fourth-order valence-corrected chi connectivity index (χ4v) is 0.498. The molecule has 0 unspecified atom stereocenters. The Kier molecular flexibility index (Phi) is 5.23. The molecule has 0 aromatic rings. The van der Waals surface area contributed by atoms with Crippen molar-refractivity contribution in [1.82, 2.24) is 0 Å². The van der Waals surface area contributed by atoms with Crippen LogP contribution in [0.3, 0.4) is 0 Å². The highest BCUT2D eigenvalue weighted by Gasteiger charge is 2.29. The molecule has 0 aliphatic rings.